The molecule has 20 heavy (non-hydrogen) atoms. The van der Waals surface area contributed by atoms with Crippen LogP contribution in [0, 0.1) is 6.92 Å². The first kappa shape index (κ1) is 15.3. The highest BCUT2D eigenvalue weighted by Gasteiger charge is 2.38. The van der Waals surface area contributed by atoms with Crippen molar-refractivity contribution in [2.75, 3.05) is 37.6 Å². The molecule has 0 amide bonds. The van der Waals surface area contributed by atoms with Gasteiger partial charge in [0.15, 0.2) is 0 Å². The van der Waals surface area contributed by atoms with Gasteiger partial charge < -0.3 is 15.5 Å². The first-order chi connectivity index (χ1) is 9.65. The summed E-state index contributed by atoms with van der Waals surface area (Å²) in [4.78, 5) is 5.06. The van der Waals surface area contributed by atoms with Crippen molar-refractivity contribution in [2.24, 2.45) is 5.73 Å². The Hall–Kier alpha value is -1.06. The fourth-order valence-electron chi connectivity index (χ4n) is 3.46. The lowest BCUT2D eigenvalue weighted by molar-refractivity contribution is 0.165. The molecule has 112 valence electrons. The third kappa shape index (κ3) is 2.99. The van der Waals surface area contributed by atoms with E-state index in [-0.39, 0.29) is 5.54 Å². The van der Waals surface area contributed by atoms with Crippen LogP contribution in [0.15, 0.2) is 24.3 Å². The maximum absolute atomic E-state index is 6.22. The van der Waals surface area contributed by atoms with Crippen LogP contribution in [0.2, 0.25) is 0 Å². The predicted octanol–water partition coefficient (Wildman–Crippen LogP) is 2.63. The fraction of sp³-hybridized carbons (Fsp3) is 0.647. The number of benzene rings is 1. The molecule has 1 aliphatic rings. The Balaban J connectivity index is 2.24. The van der Waals surface area contributed by atoms with Crippen LogP contribution >= 0.6 is 0 Å². The summed E-state index contributed by atoms with van der Waals surface area (Å²) in [7, 11) is 0. The zero-order valence-electron chi connectivity index (χ0n) is 13.2. The Bertz CT molecular complexity index is 422. The maximum Gasteiger partial charge on any atom is 0.0548 e. The van der Waals surface area contributed by atoms with Gasteiger partial charge in [-0.25, -0.2) is 0 Å². The number of hydrogen-bond donors (Lipinski definition) is 1. The molecular formula is C17H29N3. The van der Waals surface area contributed by atoms with Gasteiger partial charge in [-0.15, -0.1) is 0 Å². The van der Waals surface area contributed by atoms with Crippen LogP contribution in [0.5, 0.6) is 0 Å². The molecule has 0 aromatic heterocycles. The van der Waals surface area contributed by atoms with Gasteiger partial charge in [0, 0.05) is 31.9 Å². The van der Waals surface area contributed by atoms with E-state index in [0.29, 0.717) is 0 Å². The molecule has 1 saturated heterocycles. The van der Waals surface area contributed by atoms with E-state index in [0.717, 1.165) is 32.7 Å². The number of nitrogens with two attached hydrogens (primary N) is 1. The average molecular weight is 275 g/mol. The van der Waals surface area contributed by atoms with Crippen molar-refractivity contribution in [1.29, 1.82) is 0 Å². The molecule has 2 N–H and O–H groups in total. The normalized spacial score (nSPS) is 19.0. The third-order valence-electron chi connectivity index (χ3n) is 4.82. The fourth-order valence-corrected chi connectivity index (χ4v) is 3.46. The van der Waals surface area contributed by atoms with Gasteiger partial charge in [-0.05, 0) is 50.9 Å². The van der Waals surface area contributed by atoms with E-state index >= 15 is 0 Å². The highest BCUT2D eigenvalue weighted by Crippen LogP contribution is 2.32. The number of piperidine rings is 1. The Morgan fingerprint density at radius 2 is 1.95 bits per heavy atom. The first-order valence-electron chi connectivity index (χ1n) is 7.92. The Morgan fingerprint density at radius 1 is 1.25 bits per heavy atom. The van der Waals surface area contributed by atoms with Crippen LogP contribution in [-0.2, 0) is 0 Å². The van der Waals surface area contributed by atoms with Crippen LogP contribution in [0.1, 0.15) is 32.3 Å². The lowest BCUT2D eigenvalue weighted by atomic mass is 9.85. The van der Waals surface area contributed by atoms with E-state index in [4.69, 9.17) is 5.73 Å². The van der Waals surface area contributed by atoms with E-state index in [1.54, 1.807) is 0 Å². The Kier molecular flexibility index (Phi) is 5.06. The summed E-state index contributed by atoms with van der Waals surface area (Å²) in [6.45, 7) is 11.9. The molecule has 0 saturated carbocycles. The van der Waals surface area contributed by atoms with Gasteiger partial charge in [-0.2, -0.15) is 0 Å². The van der Waals surface area contributed by atoms with E-state index in [1.165, 1.54) is 24.1 Å². The number of nitrogens with zero attached hydrogens (tertiary/aromatic N) is 2. The molecule has 0 spiro atoms. The second-order valence-electron chi connectivity index (χ2n) is 5.95. The van der Waals surface area contributed by atoms with E-state index in [9.17, 15) is 0 Å². The summed E-state index contributed by atoms with van der Waals surface area (Å²) in [5, 5.41) is 0. The standard InChI is InChI=1S/C17H29N3/c1-4-19-11-9-17(14-18,10-12-19)20(5-2)16-8-6-7-15(3)13-16/h6-8,13H,4-5,9-12,14,18H2,1-3H3. The van der Waals surface area contributed by atoms with E-state index < -0.39 is 0 Å². The highest BCUT2D eigenvalue weighted by molar-refractivity contribution is 5.51. The SMILES string of the molecule is CCN1CCC(CN)(N(CC)c2cccc(C)c2)CC1. The molecule has 1 heterocycles. The second-order valence-corrected chi connectivity index (χ2v) is 5.95. The summed E-state index contributed by atoms with van der Waals surface area (Å²) in [6.07, 6.45) is 2.33. The number of likely N-dealkylation sites (tertiary alicyclic amines) is 1. The predicted molar refractivity (Wildman–Crippen MR) is 87.3 cm³/mol. The maximum atomic E-state index is 6.22. The molecule has 3 heteroatoms. The molecule has 3 nitrogen and oxygen atoms in total. The Labute approximate surface area is 123 Å². The average Bonchev–Trinajstić information content (AvgIpc) is 2.48. The summed E-state index contributed by atoms with van der Waals surface area (Å²) < 4.78 is 0. The van der Waals surface area contributed by atoms with Gasteiger partial charge in [0.1, 0.15) is 0 Å². The molecule has 2 rings (SSSR count). The summed E-state index contributed by atoms with van der Waals surface area (Å²) >= 11 is 0. The lowest BCUT2D eigenvalue weighted by Crippen LogP contribution is -2.59. The molecule has 1 fully saturated rings. The van der Waals surface area contributed by atoms with Crippen molar-refractivity contribution in [2.45, 2.75) is 39.2 Å². The molecule has 0 radical (unpaired) electrons. The summed E-state index contributed by atoms with van der Waals surface area (Å²) in [5.41, 5.74) is 8.99. The lowest BCUT2D eigenvalue weighted by Gasteiger charge is -2.49. The quantitative estimate of drug-likeness (QED) is 0.896. The first-order valence-corrected chi connectivity index (χ1v) is 7.92. The minimum atomic E-state index is 0.133. The van der Waals surface area contributed by atoms with Gasteiger partial charge in [0.25, 0.3) is 0 Å². The number of rotatable bonds is 5. The zero-order valence-corrected chi connectivity index (χ0v) is 13.2. The van der Waals surface area contributed by atoms with Crippen LogP contribution < -0.4 is 10.6 Å². The van der Waals surface area contributed by atoms with Gasteiger partial charge >= 0.3 is 0 Å². The number of aryl methyl sites for hydroxylation is 1. The molecule has 1 aromatic carbocycles. The molecular weight excluding hydrogens is 246 g/mol. The van der Waals surface area contributed by atoms with Gasteiger partial charge in [-0.3, -0.25) is 0 Å². The van der Waals surface area contributed by atoms with Gasteiger partial charge in [-0.1, -0.05) is 19.1 Å². The third-order valence-corrected chi connectivity index (χ3v) is 4.82. The van der Waals surface area contributed by atoms with E-state index in [1.807, 2.05) is 0 Å². The molecule has 0 unspecified atom stereocenters. The topological polar surface area (TPSA) is 32.5 Å². The van der Waals surface area contributed by atoms with Crippen molar-refractivity contribution in [3.8, 4) is 0 Å². The number of hydrogen-bond acceptors (Lipinski definition) is 3. The summed E-state index contributed by atoms with van der Waals surface area (Å²) in [5.74, 6) is 0. The largest absolute Gasteiger partial charge is 0.365 e. The van der Waals surface area contributed by atoms with Crippen LogP contribution in [0.3, 0.4) is 0 Å². The molecule has 0 atom stereocenters. The molecule has 1 aliphatic heterocycles. The van der Waals surface area contributed by atoms with Gasteiger partial charge in [0.2, 0.25) is 0 Å². The highest BCUT2D eigenvalue weighted by atomic mass is 15.2. The van der Waals surface area contributed by atoms with Crippen molar-refractivity contribution in [3.63, 3.8) is 0 Å². The minimum absolute atomic E-state index is 0.133. The van der Waals surface area contributed by atoms with Crippen LogP contribution in [-0.4, -0.2) is 43.2 Å². The van der Waals surface area contributed by atoms with Crippen LogP contribution in [0.4, 0.5) is 5.69 Å². The summed E-state index contributed by atoms with van der Waals surface area (Å²) in [6, 6.07) is 8.82. The number of anilines is 1. The second kappa shape index (κ2) is 6.59. The smallest absolute Gasteiger partial charge is 0.0548 e. The van der Waals surface area contributed by atoms with Crippen molar-refractivity contribution < 1.29 is 0 Å². The van der Waals surface area contributed by atoms with Crippen molar-refractivity contribution in [3.05, 3.63) is 29.8 Å². The van der Waals surface area contributed by atoms with Crippen LogP contribution in [0.25, 0.3) is 0 Å². The molecule has 0 aliphatic carbocycles. The van der Waals surface area contributed by atoms with Gasteiger partial charge in [0.05, 0.1) is 5.54 Å². The number of likely N-dealkylation sites (N-methyl/N-ethyl adjacent to an activating group) is 1. The Morgan fingerprint density at radius 3 is 2.45 bits per heavy atom. The molecule has 0 bridgehead atoms. The van der Waals surface area contributed by atoms with Crippen molar-refractivity contribution in [1.82, 2.24) is 4.90 Å². The van der Waals surface area contributed by atoms with Crippen molar-refractivity contribution >= 4 is 5.69 Å². The minimum Gasteiger partial charge on any atom is -0.365 e. The zero-order chi connectivity index (χ0) is 14.6. The molecule has 1 aromatic rings. The van der Waals surface area contributed by atoms with E-state index in [2.05, 4.69) is 54.8 Å². The monoisotopic (exact) mass is 275 g/mol.